The summed E-state index contributed by atoms with van der Waals surface area (Å²) in [4.78, 5) is 3.47. The van der Waals surface area contributed by atoms with E-state index in [9.17, 15) is 0 Å². The van der Waals surface area contributed by atoms with Crippen LogP contribution in [0.3, 0.4) is 0 Å². The third kappa shape index (κ3) is 2.52. The van der Waals surface area contributed by atoms with Crippen LogP contribution in [-0.2, 0) is 0 Å². The Labute approximate surface area is 101 Å². The number of anilines is 1. The Balaban J connectivity index is 2.18. The summed E-state index contributed by atoms with van der Waals surface area (Å²) >= 11 is 1.77. The van der Waals surface area contributed by atoms with E-state index in [1.807, 2.05) is 6.07 Å². The first-order chi connectivity index (χ1) is 7.77. The number of nitrogens with zero attached hydrogens (tertiary/aromatic N) is 1. The minimum absolute atomic E-state index is 1.21. The maximum atomic E-state index is 2.17. The Kier molecular flexibility index (Phi) is 3.42. The molecule has 0 fully saturated rings. The third-order valence-corrected chi connectivity index (χ3v) is 3.47. The van der Waals surface area contributed by atoms with Gasteiger partial charge in [-0.3, -0.25) is 0 Å². The van der Waals surface area contributed by atoms with Gasteiger partial charge in [0.05, 0.1) is 0 Å². The molecule has 0 saturated heterocycles. The van der Waals surface area contributed by atoms with Crippen molar-refractivity contribution in [2.24, 2.45) is 0 Å². The fourth-order valence-corrected chi connectivity index (χ4v) is 2.29. The van der Waals surface area contributed by atoms with Crippen molar-refractivity contribution in [1.82, 2.24) is 0 Å². The van der Waals surface area contributed by atoms with Crippen molar-refractivity contribution in [2.75, 3.05) is 11.9 Å². The van der Waals surface area contributed by atoms with Crippen LogP contribution in [0.5, 0.6) is 0 Å². The average molecular weight is 229 g/mol. The van der Waals surface area contributed by atoms with Gasteiger partial charge in [0.15, 0.2) is 0 Å². The Morgan fingerprint density at radius 3 is 2.50 bits per heavy atom. The first kappa shape index (κ1) is 11.0. The van der Waals surface area contributed by atoms with Crippen molar-refractivity contribution in [3.63, 3.8) is 0 Å². The van der Waals surface area contributed by atoms with Gasteiger partial charge >= 0.3 is 0 Å². The van der Waals surface area contributed by atoms with Gasteiger partial charge in [0.2, 0.25) is 0 Å². The highest BCUT2D eigenvalue weighted by molar-refractivity contribution is 7.11. The number of hydrogen-bond donors (Lipinski definition) is 0. The molecule has 0 unspecified atom stereocenters. The summed E-state index contributed by atoms with van der Waals surface area (Å²) in [5, 5.41) is 2.11. The molecule has 2 heteroatoms. The number of allylic oxidation sites excluding steroid dienone is 1. The fraction of sp³-hybridized carbons (Fsp3) is 0.143. The lowest BCUT2D eigenvalue weighted by molar-refractivity contribution is 1.20. The molecular weight excluding hydrogens is 214 g/mol. The summed E-state index contributed by atoms with van der Waals surface area (Å²) in [6, 6.07) is 14.6. The first-order valence-electron chi connectivity index (χ1n) is 5.27. The maximum absolute atomic E-state index is 2.17. The Morgan fingerprint density at radius 1 is 1.12 bits per heavy atom. The molecule has 0 radical (unpaired) electrons. The molecule has 1 aromatic heterocycles. The number of benzene rings is 1. The van der Waals surface area contributed by atoms with Crippen LogP contribution in [0.2, 0.25) is 0 Å². The summed E-state index contributed by atoms with van der Waals surface area (Å²) in [7, 11) is 2.08. The molecule has 0 bridgehead atoms. The summed E-state index contributed by atoms with van der Waals surface area (Å²) in [5.41, 5.74) is 2.50. The van der Waals surface area contributed by atoms with Gasteiger partial charge in [0.1, 0.15) is 0 Å². The fourth-order valence-electron chi connectivity index (χ4n) is 1.59. The molecule has 0 saturated carbocycles. The largest absolute Gasteiger partial charge is 0.351 e. The zero-order valence-corrected chi connectivity index (χ0v) is 10.4. The lowest BCUT2D eigenvalue weighted by Gasteiger charge is -2.15. The van der Waals surface area contributed by atoms with Crippen LogP contribution >= 0.6 is 11.3 Å². The molecule has 1 nitrogen and oxygen atoms in total. The van der Waals surface area contributed by atoms with E-state index in [0.29, 0.717) is 0 Å². The first-order valence-corrected chi connectivity index (χ1v) is 6.15. The van der Waals surface area contributed by atoms with Gasteiger partial charge in [0.25, 0.3) is 0 Å². The molecule has 0 atom stereocenters. The molecule has 0 spiro atoms. The summed E-state index contributed by atoms with van der Waals surface area (Å²) in [5.74, 6) is 0. The lowest BCUT2D eigenvalue weighted by atomic mass is 10.2. The van der Waals surface area contributed by atoms with E-state index in [4.69, 9.17) is 0 Å². The van der Waals surface area contributed by atoms with Crippen molar-refractivity contribution < 1.29 is 0 Å². The quantitative estimate of drug-likeness (QED) is 0.760. The maximum Gasteiger partial charge on any atom is 0.0403 e. The van der Waals surface area contributed by atoms with E-state index in [1.54, 1.807) is 11.3 Å². The zero-order valence-electron chi connectivity index (χ0n) is 9.55. The van der Waals surface area contributed by atoms with Crippen LogP contribution in [0.4, 0.5) is 5.69 Å². The van der Waals surface area contributed by atoms with E-state index in [2.05, 4.69) is 66.8 Å². The molecule has 1 aromatic carbocycles. The van der Waals surface area contributed by atoms with Crippen LogP contribution in [0.15, 0.2) is 54.0 Å². The second kappa shape index (κ2) is 4.99. The van der Waals surface area contributed by atoms with Crippen LogP contribution < -0.4 is 4.90 Å². The van der Waals surface area contributed by atoms with Crippen molar-refractivity contribution in [2.45, 2.75) is 6.92 Å². The molecular formula is C14H15NS. The van der Waals surface area contributed by atoms with Crippen LogP contribution in [0, 0.1) is 0 Å². The van der Waals surface area contributed by atoms with Crippen molar-refractivity contribution >= 4 is 22.6 Å². The van der Waals surface area contributed by atoms with Gasteiger partial charge in [-0.15, -0.1) is 11.3 Å². The van der Waals surface area contributed by atoms with Gasteiger partial charge < -0.3 is 4.90 Å². The molecule has 82 valence electrons. The van der Waals surface area contributed by atoms with Crippen molar-refractivity contribution in [3.05, 3.63) is 58.9 Å². The monoisotopic (exact) mass is 229 g/mol. The summed E-state index contributed by atoms with van der Waals surface area (Å²) in [6.45, 7) is 2.14. The molecule has 1 heterocycles. The zero-order chi connectivity index (χ0) is 11.4. The van der Waals surface area contributed by atoms with Crippen molar-refractivity contribution in [1.29, 1.82) is 0 Å². The van der Waals surface area contributed by atoms with Gasteiger partial charge in [-0.2, -0.15) is 0 Å². The smallest absolute Gasteiger partial charge is 0.0403 e. The lowest BCUT2D eigenvalue weighted by Crippen LogP contribution is -2.08. The number of thiophene rings is 1. The normalized spacial score (nSPS) is 11.5. The van der Waals surface area contributed by atoms with E-state index < -0.39 is 0 Å². The van der Waals surface area contributed by atoms with Crippen LogP contribution in [0.1, 0.15) is 11.8 Å². The molecule has 0 aliphatic carbocycles. The van der Waals surface area contributed by atoms with Gasteiger partial charge in [-0.05, 0) is 36.1 Å². The minimum Gasteiger partial charge on any atom is -0.351 e. The number of rotatable bonds is 3. The second-order valence-corrected chi connectivity index (χ2v) is 4.68. The Bertz CT molecular complexity index is 457. The molecule has 0 N–H and O–H groups in total. The number of para-hydroxylation sites is 1. The van der Waals surface area contributed by atoms with E-state index in [1.165, 1.54) is 16.1 Å². The number of hydrogen-bond acceptors (Lipinski definition) is 2. The predicted molar refractivity (Wildman–Crippen MR) is 72.8 cm³/mol. The van der Waals surface area contributed by atoms with E-state index >= 15 is 0 Å². The minimum atomic E-state index is 1.21. The highest BCUT2D eigenvalue weighted by atomic mass is 32.1. The highest BCUT2D eigenvalue weighted by Crippen LogP contribution is 2.21. The Morgan fingerprint density at radius 2 is 1.88 bits per heavy atom. The topological polar surface area (TPSA) is 3.24 Å². The third-order valence-electron chi connectivity index (χ3n) is 2.46. The van der Waals surface area contributed by atoms with Gasteiger partial charge in [-0.1, -0.05) is 24.3 Å². The Hall–Kier alpha value is -1.54. The average Bonchev–Trinajstić information content (AvgIpc) is 2.83. The van der Waals surface area contributed by atoms with Gasteiger partial charge in [0, 0.05) is 23.8 Å². The van der Waals surface area contributed by atoms with E-state index in [-0.39, 0.29) is 0 Å². The highest BCUT2D eigenvalue weighted by Gasteiger charge is 1.99. The second-order valence-electron chi connectivity index (χ2n) is 3.74. The van der Waals surface area contributed by atoms with Crippen LogP contribution in [-0.4, -0.2) is 7.05 Å². The summed E-state index contributed by atoms with van der Waals surface area (Å²) in [6.07, 6.45) is 2.17. The molecule has 0 amide bonds. The SMILES string of the molecule is CC(=CN(C)c1ccccc1)c1cccs1. The molecule has 0 aliphatic heterocycles. The van der Waals surface area contributed by atoms with Gasteiger partial charge in [-0.25, -0.2) is 0 Å². The molecule has 2 rings (SSSR count). The molecule has 2 aromatic rings. The van der Waals surface area contributed by atoms with Crippen LogP contribution in [0.25, 0.3) is 5.57 Å². The predicted octanol–water partition coefficient (Wildman–Crippen LogP) is 4.25. The molecule has 0 aliphatic rings. The van der Waals surface area contributed by atoms with E-state index in [0.717, 1.165) is 0 Å². The standard InChI is InChI=1S/C14H15NS/c1-12(14-9-6-10-16-14)11-15(2)13-7-4-3-5-8-13/h3-11H,1-2H3. The molecule has 16 heavy (non-hydrogen) atoms. The summed E-state index contributed by atoms with van der Waals surface area (Å²) < 4.78 is 0. The van der Waals surface area contributed by atoms with Crippen molar-refractivity contribution in [3.8, 4) is 0 Å².